The highest BCUT2D eigenvalue weighted by atomic mass is 35.5. The molecular formula is C14H15ClN2. The molecule has 1 heterocycles. The fourth-order valence-electron chi connectivity index (χ4n) is 2.25. The second-order valence-electron chi connectivity index (χ2n) is 4.75. The topological polar surface area (TPSA) is 38.9 Å². The molecule has 1 aliphatic carbocycles. The zero-order valence-electron chi connectivity index (χ0n) is 9.83. The van der Waals surface area contributed by atoms with Gasteiger partial charge in [-0.3, -0.25) is 4.98 Å². The molecule has 3 heteroatoms. The Kier molecular flexibility index (Phi) is 2.57. The Balaban J connectivity index is 2.32. The average Bonchev–Trinajstić information content (AvgIpc) is 3.17. The summed E-state index contributed by atoms with van der Waals surface area (Å²) in [5, 5.41) is 1.92. The maximum Gasteiger partial charge on any atom is 0.0752 e. The van der Waals surface area contributed by atoms with E-state index in [9.17, 15) is 0 Å². The van der Waals surface area contributed by atoms with E-state index in [2.05, 4.69) is 6.07 Å². The smallest absolute Gasteiger partial charge is 0.0752 e. The molecule has 0 atom stereocenters. The molecule has 17 heavy (non-hydrogen) atoms. The van der Waals surface area contributed by atoms with Gasteiger partial charge in [0.15, 0.2) is 0 Å². The third-order valence-electron chi connectivity index (χ3n) is 3.49. The highest BCUT2D eigenvalue weighted by molar-refractivity contribution is 6.32. The Morgan fingerprint density at radius 1 is 1.41 bits per heavy atom. The summed E-state index contributed by atoms with van der Waals surface area (Å²) in [5.41, 5.74) is 10.3. The minimum absolute atomic E-state index is 0.555. The number of aromatic nitrogens is 1. The van der Waals surface area contributed by atoms with Gasteiger partial charge in [-0.2, -0.15) is 0 Å². The number of fused-ring (bicyclic) bond motifs is 1. The molecule has 1 aromatic carbocycles. The SMILES string of the molecule is Cc1c(Cl)ccc2c(CN)cc(C3CC3)nc12. The van der Waals surface area contributed by atoms with Gasteiger partial charge in [-0.05, 0) is 43.0 Å². The van der Waals surface area contributed by atoms with Crippen molar-refractivity contribution in [1.29, 1.82) is 0 Å². The lowest BCUT2D eigenvalue weighted by molar-refractivity contribution is 1.01. The fourth-order valence-corrected chi connectivity index (χ4v) is 2.41. The van der Waals surface area contributed by atoms with E-state index < -0.39 is 0 Å². The third-order valence-corrected chi connectivity index (χ3v) is 3.90. The number of hydrogen-bond acceptors (Lipinski definition) is 2. The Morgan fingerprint density at radius 3 is 2.82 bits per heavy atom. The first-order valence-corrected chi connectivity index (χ1v) is 6.37. The van der Waals surface area contributed by atoms with E-state index >= 15 is 0 Å². The fraction of sp³-hybridized carbons (Fsp3) is 0.357. The van der Waals surface area contributed by atoms with Crippen LogP contribution in [0.5, 0.6) is 0 Å². The number of hydrogen-bond donors (Lipinski definition) is 1. The van der Waals surface area contributed by atoms with Crippen LogP contribution in [0.1, 0.15) is 35.6 Å². The maximum absolute atomic E-state index is 6.16. The monoisotopic (exact) mass is 246 g/mol. The van der Waals surface area contributed by atoms with Crippen LogP contribution in [0, 0.1) is 6.92 Å². The summed E-state index contributed by atoms with van der Waals surface area (Å²) in [7, 11) is 0. The van der Waals surface area contributed by atoms with Gasteiger partial charge in [0.05, 0.1) is 5.52 Å². The second kappa shape index (κ2) is 3.97. The van der Waals surface area contributed by atoms with E-state index in [-0.39, 0.29) is 0 Å². The van der Waals surface area contributed by atoms with Crippen LogP contribution in [0.25, 0.3) is 10.9 Å². The molecule has 0 bridgehead atoms. The number of nitrogens with two attached hydrogens (primary N) is 1. The Labute approximate surface area is 106 Å². The number of rotatable bonds is 2. The van der Waals surface area contributed by atoms with E-state index in [1.54, 1.807) is 0 Å². The molecule has 2 nitrogen and oxygen atoms in total. The summed E-state index contributed by atoms with van der Waals surface area (Å²) in [6.45, 7) is 2.58. The van der Waals surface area contributed by atoms with Crippen molar-refractivity contribution < 1.29 is 0 Å². The van der Waals surface area contributed by atoms with Crippen molar-refractivity contribution in [3.63, 3.8) is 0 Å². The van der Waals surface area contributed by atoms with E-state index in [1.807, 2.05) is 19.1 Å². The Bertz CT molecular complexity index is 588. The number of nitrogens with zero attached hydrogens (tertiary/aromatic N) is 1. The Hall–Kier alpha value is -1.12. The van der Waals surface area contributed by atoms with Crippen molar-refractivity contribution in [1.82, 2.24) is 4.98 Å². The highest BCUT2D eigenvalue weighted by Crippen LogP contribution is 2.40. The first-order valence-electron chi connectivity index (χ1n) is 5.99. The van der Waals surface area contributed by atoms with Crippen LogP contribution < -0.4 is 5.73 Å². The molecule has 2 N–H and O–H groups in total. The second-order valence-corrected chi connectivity index (χ2v) is 5.16. The van der Waals surface area contributed by atoms with Gasteiger partial charge in [0.25, 0.3) is 0 Å². The summed E-state index contributed by atoms with van der Waals surface area (Å²) in [6, 6.07) is 6.11. The molecular weight excluding hydrogens is 232 g/mol. The minimum atomic E-state index is 0.555. The molecule has 2 aromatic rings. The maximum atomic E-state index is 6.16. The molecule has 0 amide bonds. The van der Waals surface area contributed by atoms with Gasteiger partial charge in [0, 0.05) is 28.6 Å². The normalized spacial score (nSPS) is 15.5. The van der Waals surface area contributed by atoms with Crippen molar-refractivity contribution in [2.75, 3.05) is 0 Å². The quantitative estimate of drug-likeness (QED) is 0.881. The number of pyridine rings is 1. The molecule has 1 aromatic heterocycles. The number of aryl methyl sites for hydroxylation is 1. The predicted octanol–water partition coefficient (Wildman–Crippen LogP) is 3.53. The molecule has 0 radical (unpaired) electrons. The number of benzene rings is 1. The van der Waals surface area contributed by atoms with E-state index in [0.29, 0.717) is 12.5 Å². The summed E-state index contributed by atoms with van der Waals surface area (Å²) >= 11 is 6.16. The molecule has 0 spiro atoms. The minimum Gasteiger partial charge on any atom is -0.326 e. The highest BCUT2D eigenvalue weighted by Gasteiger charge is 2.26. The van der Waals surface area contributed by atoms with Crippen LogP contribution in [-0.2, 0) is 6.54 Å². The standard InChI is InChI=1S/C14H15ClN2/c1-8-12(15)5-4-11-10(7-16)6-13(9-2-3-9)17-14(8)11/h4-6,9H,2-3,7,16H2,1H3. The van der Waals surface area contributed by atoms with Crippen molar-refractivity contribution in [2.24, 2.45) is 5.73 Å². The lowest BCUT2D eigenvalue weighted by Gasteiger charge is -2.10. The summed E-state index contributed by atoms with van der Waals surface area (Å²) in [5.74, 6) is 0.642. The molecule has 3 rings (SSSR count). The van der Waals surface area contributed by atoms with Gasteiger partial charge in [0.1, 0.15) is 0 Å². The van der Waals surface area contributed by atoms with Crippen LogP contribution in [0.15, 0.2) is 18.2 Å². The van der Waals surface area contributed by atoms with Crippen LogP contribution in [-0.4, -0.2) is 4.98 Å². The van der Waals surface area contributed by atoms with Gasteiger partial charge in [-0.25, -0.2) is 0 Å². The molecule has 1 fully saturated rings. The van der Waals surface area contributed by atoms with E-state index in [0.717, 1.165) is 21.5 Å². The first-order chi connectivity index (χ1) is 8.20. The van der Waals surface area contributed by atoms with E-state index in [4.69, 9.17) is 22.3 Å². The summed E-state index contributed by atoms with van der Waals surface area (Å²) in [6.07, 6.45) is 2.50. The van der Waals surface area contributed by atoms with Crippen molar-refractivity contribution >= 4 is 22.5 Å². The van der Waals surface area contributed by atoms with Crippen molar-refractivity contribution in [3.05, 3.63) is 40.0 Å². The lowest BCUT2D eigenvalue weighted by atomic mass is 10.0. The molecule has 0 aliphatic heterocycles. The van der Waals surface area contributed by atoms with Crippen molar-refractivity contribution in [3.8, 4) is 0 Å². The molecule has 1 aliphatic rings. The zero-order chi connectivity index (χ0) is 12.0. The molecule has 1 saturated carbocycles. The van der Waals surface area contributed by atoms with Gasteiger partial charge in [-0.15, -0.1) is 0 Å². The molecule has 0 unspecified atom stereocenters. The van der Waals surface area contributed by atoms with Crippen LogP contribution in [0.3, 0.4) is 0 Å². The third kappa shape index (κ3) is 1.81. The van der Waals surface area contributed by atoms with Crippen LogP contribution in [0.4, 0.5) is 0 Å². The lowest BCUT2D eigenvalue weighted by Crippen LogP contribution is -2.01. The van der Waals surface area contributed by atoms with Gasteiger partial charge in [0.2, 0.25) is 0 Å². The number of halogens is 1. The zero-order valence-corrected chi connectivity index (χ0v) is 10.6. The predicted molar refractivity (Wildman–Crippen MR) is 71.4 cm³/mol. The summed E-state index contributed by atoms with van der Waals surface area (Å²) in [4.78, 5) is 4.77. The van der Waals surface area contributed by atoms with Crippen molar-refractivity contribution in [2.45, 2.75) is 32.2 Å². The van der Waals surface area contributed by atoms with E-state index in [1.165, 1.54) is 24.1 Å². The average molecular weight is 247 g/mol. The van der Waals surface area contributed by atoms with Crippen LogP contribution in [0.2, 0.25) is 5.02 Å². The van der Waals surface area contributed by atoms with Gasteiger partial charge in [-0.1, -0.05) is 17.7 Å². The Morgan fingerprint density at radius 2 is 2.18 bits per heavy atom. The molecule has 88 valence electrons. The van der Waals surface area contributed by atoms with Gasteiger partial charge < -0.3 is 5.73 Å². The van der Waals surface area contributed by atoms with Gasteiger partial charge >= 0.3 is 0 Å². The summed E-state index contributed by atoms with van der Waals surface area (Å²) < 4.78 is 0. The first kappa shape index (κ1) is 11.0. The largest absolute Gasteiger partial charge is 0.326 e. The van der Waals surface area contributed by atoms with Crippen LogP contribution >= 0.6 is 11.6 Å². The molecule has 0 saturated heterocycles.